The van der Waals surface area contributed by atoms with Crippen LogP contribution < -0.4 is 14.8 Å². The van der Waals surface area contributed by atoms with Crippen LogP contribution in [0.15, 0.2) is 23.8 Å². The van der Waals surface area contributed by atoms with Crippen molar-refractivity contribution >= 4 is 52.5 Å². The summed E-state index contributed by atoms with van der Waals surface area (Å²) in [5, 5.41) is 3.56. The van der Waals surface area contributed by atoms with E-state index in [9.17, 15) is 9.18 Å². The van der Waals surface area contributed by atoms with Crippen LogP contribution in [-0.2, 0) is 16.3 Å². The molecule has 0 aliphatic heterocycles. The lowest BCUT2D eigenvalue weighted by Gasteiger charge is -2.15. The average Bonchev–Trinajstić information content (AvgIpc) is 3.25. The number of hydrogen-bond acceptors (Lipinski definition) is 8. The molecule has 0 radical (unpaired) electrons. The summed E-state index contributed by atoms with van der Waals surface area (Å²) in [5.74, 6) is 0.402. The Labute approximate surface area is 219 Å². The van der Waals surface area contributed by atoms with Gasteiger partial charge in [-0.15, -0.1) is 11.3 Å². The Morgan fingerprint density at radius 1 is 1.24 bits per heavy atom. The number of anilines is 1. The summed E-state index contributed by atoms with van der Waals surface area (Å²) in [5.41, 5.74) is 4.37. The number of carbonyl (C=O) groups is 1. The van der Waals surface area contributed by atoms with E-state index in [2.05, 4.69) is 34.9 Å². The van der Waals surface area contributed by atoms with E-state index in [4.69, 9.17) is 19.2 Å². The van der Waals surface area contributed by atoms with Gasteiger partial charge in [0, 0.05) is 31.8 Å². The maximum atomic E-state index is 13.4. The maximum Gasteiger partial charge on any atom is 0.231 e. The maximum absolute atomic E-state index is 13.4. The molecular formula is C25H30FN5O4SSi. The molecule has 5 rings (SSSR count). The number of hydrogen-bond donors (Lipinski definition) is 1. The summed E-state index contributed by atoms with van der Waals surface area (Å²) in [6, 6.07) is 4.63. The van der Waals surface area contributed by atoms with Crippen molar-refractivity contribution in [1.82, 2.24) is 19.5 Å². The Morgan fingerprint density at radius 2 is 2.03 bits per heavy atom. The number of carbonyl (C=O) groups excluding carboxylic acids is 1. The number of pyridine rings is 2. The summed E-state index contributed by atoms with van der Waals surface area (Å²) in [6.45, 7) is 7.83. The molecule has 0 aromatic carbocycles. The molecular weight excluding hydrogens is 513 g/mol. The molecule has 4 heterocycles. The number of ether oxygens (including phenoxy) is 3. The van der Waals surface area contributed by atoms with Crippen LogP contribution in [-0.4, -0.2) is 60.5 Å². The highest BCUT2D eigenvalue weighted by atomic mass is 32.1. The number of halogens is 1. The van der Waals surface area contributed by atoms with E-state index < -0.39 is 20.2 Å². The van der Waals surface area contributed by atoms with Crippen molar-refractivity contribution in [3.63, 3.8) is 0 Å². The van der Waals surface area contributed by atoms with Crippen molar-refractivity contribution in [3.8, 4) is 22.8 Å². The van der Waals surface area contributed by atoms with E-state index in [1.165, 1.54) is 11.3 Å². The van der Waals surface area contributed by atoms with Crippen LogP contribution >= 0.6 is 11.3 Å². The predicted octanol–water partition coefficient (Wildman–Crippen LogP) is 5.33. The molecule has 0 saturated heterocycles. The summed E-state index contributed by atoms with van der Waals surface area (Å²) in [4.78, 5) is 26.0. The minimum atomic E-state index is -1.25. The zero-order chi connectivity index (χ0) is 26.3. The Hall–Kier alpha value is -3.09. The highest BCUT2D eigenvalue weighted by molar-refractivity contribution is 7.17. The Morgan fingerprint density at radius 3 is 2.70 bits per heavy atom. The van der Waals surface area contributed by atoms with Crippen LogP contribution in [0.4, 0.5) is 10.2 Å². The van der Waals surface area contributed by atoms with Gasteiger partial charge in [-0.05, 0) is 24.6 Å². The van der Waals surface area contributed by atoms with E-state index in [0.717, 1.165) is 21.7 Å². The fraction of sp³-hybridized carbons (Fsp3) is 0.440. The SMILES string of the molecule is COc1nc2ncsc2c(OC)c1-c1cn(COCC[Si](C)(C)C)c2nc(NC(=O)[C@@H]3C[C@@H]3F)ccc12. The van der Waals surface area contributed by atoms with Gasteiger partial charge in [-0.1, -0.05) is 19.6 Å². The van der Waals surface area contributed by atoms with E-state index >= 15 is 0 Å². The fourth-order valence-electron chi connectivity index (χ4n) is 4.14. The third-order valence-corrected chi connectivity index (χ3v) is 8.84. The second-order valence-corrected chi connectivity index (χ2v) is 16.8. The molecule has 9 nitrogen and oxygen atoms in total. The minimum Gasteiger partial charge on any atom is -0.494 e. The largest absolute Gasteiger partial charge is 0.494 e. The second-order valence-electron chi connectivity index (χ2n) is 10.3. The number of aromatic nitrogens is 4. The van der Waals surface area contributed by atoms with Crippen molar-refractivity contribution in [2.45, 2.75) is 45.0 Å². The van der Waals surface area contributed by atoms with Gasteiger partial charge in [-0.25, -0.2) is 14.4 Å². The Bertz CT molecular complexity index is 1470. The standard InChI is InChI=1S/C25H30FN5O4SSi/c1-33-20-19(25(34-2)30-22-21(20)36-12-27-22)16-11-31(13-35-8-9-37(3,4)5)23-14(16)6-7-18(28-23)29-24(32)15-10-17(15)26/h6-7,11-12,15,17H,8-10,13H2,1-5H3,(H,28,29,32)/t15-,17+/m1/s1. The minimum absolute atomic E-state index is 0.256. The molecule has 1 aliphatic carbocycles. The van der Waals surface area contributed by atoms with Gasteiger partial charge in [-0.2, -0.15) is 4.98 Å². The number of rotatable bonds is 10. The fourth-order valence-corrected chi connectivity index (χ4v) is 5.66. The lowest BCUT2D eigenvalue weighted by atomic mass is 10.1. The molecule has 1 aliphatic rings. The highest BCUT2D eigenvalue weighted by Crippen LogP contribution is 2.46. The molecule has 4 aromatic heterocycles. The van der Waals surface area contributed by atoms with Crippen molar-refractivity contribution < 1.29 is 23.4 Å². The normalized spacial score (nSPS) is 17.4. The van der Waals surface area contributed by atoms with Gasteiger partial charge in [0.05, 0.1) is 31.2 Å². The number of fused-ring (bicyclic) bond motifs is 2. The molecule has 37 heavy (non-hydrogen) atoms. The number of alkyl halides is 1. The molecule has 1 N–H and O–H groups in total. The third kappa shape index (κ3) is 5.18. The molecule has 1 fully saturated rings. The van der Waals surface area contributed by atoms with Crippen LogP contribution in [0.5, 0.6) is 11.6 Å². The smallest absolute Gasteiger partial charge is 0.231 e. The second kappa shape index (κ2) is 9.99. The van der Waals surface area contributed by atoms with E-state index in [1.807, 2.05) is 16.8 Å². The van der Waals surface area contributed by atoms with Crippen molar-refractivity contribution in [2.24, 2.45) is 5.92 Å². The van der Waals surface area contributed by atoms with E-state index in [0.29, 0.717) is 40.9 Å². The van der Waals surface area contributed by atoms with Gasteiger partial charge in [-0.3, -0.25) is 4.79 Å². The lowest BCUT2D eigenvalue weighted by Crippen LogP contribution is -2.22. The molecule has 1 amide bonds. The monoisotopic (exact) mass is 543 g/mol. The zero-order valence-corrected chi connectivity index (χ0v) is 23.3. The van der Waals surface area contributed by atoms with Crippen molar-refractivity contribution in [2.75, 3.05) is 26.1 Å². The van der Waals surface area contributed by atoms with Gasteiger partial charge in [0.25, 0.3) is 0 Å². The van der Waals surface area contributed by atoms with E-state index in [-0.39, 0.29) is 19.1 Å². The quantitative estimate of drug-likeness (QED) is 0.213. The lowest BCUT2D eigenvalue weighted by molar-refractivity contribution is -0.117. The molecule has 0 spiro atoms. The first-order valence-corrected chi connectivity index (χ1v) is 16.7. The molecule has 0 unspecified atom stereocenters. The number of nitrogens with zero attached hydrogens (tertiary/aromatic N) is 4. The van der Waals surface area contributed by atoms with Gasteiger partial charge in [0.15, 0.2) is 11.4 Å². The summed E-state index contributed by atoms with van der Waals surface area (Å²) in [7, 11) is 1.92. The number of methoxy groups -OCH3 is 2. The van der Waals surface area contributed by atoms with Crippen LogP contribution in [0, 0.1) is 5.92 Å². The zero-order valence-electron chi connectivity index (χ0n) is 21.5. The third-order valence-electron chi connectivity index (χ3n) is 6.32. The summed E-state index contributed by atoms with van der Waals surface area (Å²) >= 11 is 1.44. The first-order chi connectivity index (χ1) is 17.7. The average molecular weight is 544 g/mol. The van der Waals surface area contributed by atoms with Gasteiger partial charge in [0.1, 0.15) is 29.1 Å². The van der Waals surface area contributed by atoms with Crippen LogP contribution in [0.1, 0.15) is 6.42 Å². The number of nitrogens with one attached hydrogen (secondary N) is 1. The first-order valence-electron chi connectivity index (χ1n) is 12.1. The van der Waals surface area contributed by atoms with Crippen LogP contribution in [0.3, 0.4) is 0 Å². The number of thiazole rings is 1. The van der Waals surface area contributed by atoms with Gasteiger partial charge < -0.3 is 24.1 Å². The molecule has 196 valence electrons. The van der Waals surface area contributed by atoms with Gasteiger partial charge >= 0.3 is 0 Å². The molecule has 1 saturated carbocycles. The first kappa shape index (κ1) is 25.6. The van der Waals surface area contributed by atoms with E-state index in [1.54, 1.807) is 25.8 Å². The summed E-state index contributed by atoms with van der Waals surface area (Å²) < 4.78 is 33.6. The van der Waals surface area contributed by atoms with Crippen molar-refractivity contribution in [1.29, 1.82) is 0 Å². The topological polar surface area (TPSA) is 100 Å². The summed E-state index contributed by atoms with van der Waals surface area (Å²) in [6.07, 6.45) is 1.12. The highest BCUT2D eigenvalue weighted by Gasteiger charge is 2.43. The number of amides is 1. The Kier molecular flexibility index (Phi) is 6.90. The molecule has 0 bridgehead atoms. The van der Waals surface area contributed by atoms with Gasteiger partial charge in [0.2, 0.25) is 11.8 Å². The molecule has 4 aromatic rings. The van der Waals surface area contributed by atoms with Crippen LogP contribution in [0.25, 0.3) is 32.5 Å². The Balaban J connectivity index is 1.59. The molecule has 2 atom stereocenters. The molecule has 12 heteroatoms. The predicted molar refractivity (Wildman–Crippen MR) is 145 cm³/mol. The van der Waals surface area contributed by atoms with Crippen molar-refractivity contribution in [3.05, 3.63) is 23.8 Å². The van der Waals surface area contributed by atoms with Crippen LogP contribution in [0.2, 0.25) is 25.7 Å².